The summed E-state index contributed by atoms with van der Waals surface area (Å²) in [5.41, 5.74) is 1.07. The minimum absolute atomic E-state index is 0.00319. The number of rotatable bonds is 11. The SMILES string of the molecule is COc1ccc(C(CNC(=O)CCCOc2ccc(Cl)cc2)N2CCOCC2)cc1OC. The van der Waals surface area contributed by atoms with Gasteiger partial charge in [-0.15, -0.1) is 0 Å². The van der Waals surface area contributed by atoms with Crippen LogP contribution < -0.4 is 19.5 Å². The Bertz CT molecular complexity index is 856. The van der Waals surface area contributed by atoms with Crippen LogP contribution in [0.5, 0.6) is 17.2 Å². The second kappa shape index (κ2) is 12.5. The topological polar surface area (TPSA) is 69.3 Å². The van der Waals surface area contributed by atoms with Gasteiger partial charge in [0.05, 0.1) is 40.1 Å². The molecule has 1 aliphatic rings. The molecule has 0 bridgehead atoms. The van der Waals surface area contributed by atoms with Gasteiger partial charge in [-0.3, -0.25) is 9.69 Å². The van der Waals surface area contributed by atoms with Gasteiger partial charge in [-0.25, -0.2) is 0 Å². The maximum absolute atomic E-state index is 12.5. The number of morpholine rings is 1. The van der Waals surface area contributed by atoms with Gasteiger partial charge in [-0.1, -0.05) is 17.7 Å². The summed E-state index contributed by atoms with van der Waals surface area (Å²) in [7, 11) is 3.24. The molecule has 1 N–H and O–H groups in total. The fourth-order valence-corrected chi connectivity index (χ4v) is 3.79. The third kappa shape index (κ3) is 7.02. The molecule has 0 aromatic heterocycles. The lowest BCUT2D eigenvalue weighted by Crippen LogP contribution is -2.43. The van der Waals surface area contributed by atoms with Gasteiger partial charge in [0.1, 0.15) is 5.75 Å². The molecular weight excluding hydrogens is 432 g/mol. The van der Waals surface area contributed by atoms with Gasteiger partial charge in [-0.2, -0.15) is 0 Å². The predicted molar refractivity (Wildman–Crippen MR) is 124 cm³/mol. The Morgan fingerprint density at radius 3 is 2.50 bits per heavy atom. The summed E-state index contributed by atoms with van der Waals surface area (Å²) in [5.74, 6) is 2.11. The highest BCUT2D eigenvalue weighted by Gasteiger charge is 2.24. The van der Waals surface area contributed by atoms with E-state index < -0.39 is 0 Å². The van der Waals surface area contributed by atoms with Crippen molar-refractivity contribution in [3.05, 3.63) is 53.1 Å². The minimum atomic E-state index is 0.00319. The van der Waals surface area contributed by atoms with Crippen LogP contribution in [-0.2, 0) is 9.53 Å². The number of amides is 1. The van der Waals surface area contributed by atoms with Crippen LogP contribution in [0.15, 0.2) is 42.5 Å². The van der Waals surface area contributed by atoms with Crippen molar-refractivity contribution in [3.8, 4) is 17.2 Å². The van der Waals surface area contributed by atoms with Gasteiger partial charge in [0.15, 0.2) is 11.5 Å². The molecule has 1 heterocycles. The van der Waals surface area contributed by atoms with E-state index in [-0.39, 0.29) is 11.9 Å². The lowest BCUT2D eigenvalue weighted by Gasteiger charge is -2.35. The number of hydrogen-bond donors (Lipinski definition) is 1. The van der Waals surface area contributed by atoms with E-state index in [2.05, 4.69) is 10.2 Å². The van der Waals surface area contributed by atoms with E-state index in [1.165, 1.54) is 0 Å². The first-order chi connectivity index (χ1) is 15.6. The highest BCUT2D eigenvalue weighted by Crippen LogP contribution is 2.32. The van der Waals surface area contributed by atoms with Crippen molar-refractivity contribution in [2.45, 2.75) is 18.9 Å². The third-order valence-corrected chi connectivity index (χ3v) is 5.65. The van der Waals surface area contributed by atoms with Crippen molar-refractivity contribution >= 4 is 17.5 Å². The fraction of sp³-hybridized carbons (Fsp3) is 0.458. The second-order valence-electron chi connectivity index (χ2n) is 7.49. The normalized spacial score (nSPS) is 15.1. The average molecular weight is 463 g/mol. The molecule has 0 radical (unpaired) electrons. The molecule has 0 saturated carbocycles. The number of halogens is 1. The monoisotopic (exact) mass is 462 g/mol. The van der Waals surface area contributed by atoms with Crippen molar-refractivity contribution in [3.63, 3.8) is 0 Å². The van der Waals surface area contributed by atoms with Gasteiger partial charge in [-0.05, 0) is 48.4 Å². The second-order valence-corrected chi connectivity index (χ2v) is 7.93. The maximum Gasteiger partial charge on any atom is 0.220 e. The van der Waals surface area contributed by atoms with Crippen LogP contribution >= 0.6 is 11.6 Å². The molecule has 1 aliphatic heterocycles. The van der Waals surface area contributed by atoms with Crippen molar-refractivity contribution in [2.75, 3.05) is 53.7 Å². The van der Waals surface area contributed by atoms with Crippen LogP contribution in [0.25, 0.3) is 0 Å². The fourth-order valence-electron chi connectivity index (χ4n) is 3.66. The van der Waals surface area contributed by atoms with Crippen molar-refractivity contribution in [1.82, 2.24) is 10.2 Å². The summed E-state index contributed by atoms with van der Waals surface area (Å²) in [6.07, 6.45) is 1.03. The zero-order chi connectivity index (χ0) is 22.8. The molecule has 0 aliphatic carbocycles. The zero-order valence-electron chi connectivity index (χ0n) is 18.6. The summed E-state index contributed by atoms with van der Waals surface area (Å²) < 4.78 is 22.0. The first kappa shape index (κ1) is 24.2. The molecule has 1 amide bonds. The maximum atomic E-state index is 12.5. The Labute approximate surface area is 194 Å². The van der Waals surface area contributed by atoms with Crippen LogP contribution in [0.3, 0.4) is 0 Å². The average Bonchev–Trinajstić information content (AvgIpc) is 2.83. The van der Waals surface area contributed by atoms with E-state index in [4.69, 9.17) is 30.5 Å². The number of ether oxygens (including phenoxy) is 4. The summed E-state index contributed by atoms with van der Waals surface area (Å²) in [5, 5.41) is 3.75. The van der Waals surface area contributed by atoms with Crippen molar-refractivity contribution in [2.24, 2.45) is 0 Å². The van der Waals surface area contributed by atoms with Crippen LogP contribution in [-0.4, -0.2) is 64.5 Å². The number of carbonyl (C=O) groups is 1. The Morgan fingerprint density at radius 1 is 1.09 bits per heavy atom. The molecule has 7 nitrogen and oxygen atoms in total. The van der Waals surface area contributed by atoms with Gasteiger partial charge >= 0.3 is 0 Å². The predicted octanol–water partition coefficient (Wildman–Crippen LogP) is 3.71. The lowest BCUT2D eigenvalue weighted by molar-refractivity contribution is -0.121. The first-order valence-corrected chi connectivity index (χ1v) is 11.2. The van der Waals surface area contributed by atoms with Gasteiger partial charge in [0.25, 0.3) is 0 Å². The highest BCUT2D eigenvalue weighted by atomic mass is 35.5. The van der Waals surface area contributed by atoms with Crippen LogP contribution in [0.2, 0.25) is 5.02 Å². The molecule has 2 aromatic rings. The molecular formula is C24H31ClN2O5. The van der Waals surface area contributed by atoms with Gasteiger partial charge in [0, 0.05) is 31.1 Å². The molecule has 1 saturated heterocycles. The van der Waals surface area contributed by atoms with Crippen molar-refractivity contribution in [1.29, 1.82) is 0 Å². The molecule has 8 heteroatoms. The summed E-state index contributed by atoms with van der Waals surface area (Å²) >= 11 is 5.88. The molecule has 32 heavy (non-hydrogen) atoms. The summed E-state index contributed by atoms with van der Waals surface area (Å²) in [6.45, 7) is 3.96. The molecule has 3 rings (SSSR count). The quantitative estimate of drug-likeness (QED) is 0.513. The Kier molecular flexibility index (Phi) is 9.46. The molecule has 174 valence electrons. The lowest BCUT2D eigenvalue weighted by atomic mass is 10.0. The Balaban J connectivity index is 1.54. The Hall–Kier alpha value is -2.48. The number of benzene rings is 2. The summed E-state index contributed by atoms with van der Waals surface area (Å²) in [6, 6.07) is 13.1. The van der Waals surface area contributed by atoms with E-state index in [1.54, 1.807) is 26.4 Å². The Morgan fingerprint density at radius 2 is 1.81 bits per heavy atom. The van der Waals surface area contributed by atoms with E-state index in [1.807, 2.05) is 30.3 Å². The summed E-state index contributed by atoms with van der Waals surface area (Å²) in [4.78, 5) is 14.8. The number of hydrogen-bond acceptors (Lipinski definition) is 6. The van der Waals surface area contributed by atoms with E-state index in [0.29, 0.717) is 55.7 Å². The van der Waals surface area contributed by atoms with E-state index in [0.717, 1.165) is 24.4 Å². The standard InChI is InChI=1S/C24H31ClN2O5/c1-29-22-10-5-18(16-23(22)30-2)21(27-11-14-31-15-12-27)17-26-24(28)4-3-13-32-20-8-6-19(25)7-9-20/h5-10,16,21H,3-4,11-15,17H2,1-2H3,(H,26,28). The van der Waals surface area contributed by atoms with E-state index in [9.17, 15) is 4.79 Å². The molecule has 0 spiro atoms. The van der Waals surface area contributed by atoms with Gasteiger partial charge in [0.2, 0.25) is 5.91 Å². The molecule has 1 unspecified atom stereocenters. The van der Waals surface area contributed by atoms with Crippen LogP contribution in [0, 0.1) is 0 Å². The smallest absolute Gasteiger partial charge is 0.220 e. The minimum Gasteiger partial charge on any atom is -0.494 e. The number of carbonyl (C=O) groups excluding carboxylic acids is 1. The number of methoxy groups -OCH3 is 2. The van der Waals surface area contributed by atoms with Crippen LogP contribution in [0.1, 0.15) is 24.4 Å². The zero-order valence-corrected chi connectivity index (χ0v) is 19.4. The molecule has 1 atom stereocenters. The molecule has 2 aromatic carbocycles. The number of nitrogens with zero attached hydrogens (tertiary/aromatic N) is 1. The largest absolute Gasteiger partial charge is 0.494 e. The third-order valence-electron chi connectivity index (χ3n) is 5.40. The molecule has 1 fully saturated rings. The highest BCUT2D eigenvalue weighted by molar-refractivity contribution is 6.30. The van der Waals surface area contributed by atoms with Crippen molar-refractivity contribution < 1.29 is 23.7 Å². The van der Waals surface area contributed by atoms with Gasteiger partial charge < -0.3 is 24.3 Å². The first-order valence-electron chi connectivity index (χ1n) is 10.8. The van der Waals surface area contributed by atoms with E-state index >= 15 is 0 Å². The number of nitrogens with one attached hydrogen (secondary N) is 1. The van der Waals surface area contributed by atoms with Crippen LogP contribution in [0.4, 0.5) is 0 Å².